The van der Waals surface area contributed by atoms with Crippen LogP contribution in [-0.2, 0) is 9.47 Å². The molecule has 0 aliphatic rings. The zero-order valence-electron chi connectivity index (χ0n) is 21.6. The van der Waals surface area contributed by atoms with Crippen molar-refractivity contribution in [3.05, 3.63) is 101 Å². The fraction of sp³-hybridized carbons (Fsp3) is 0.233. The maximum absolute atomic E-state index is 12.3. The molecular weight excluding hydrogens is 518 g/mol. The summed E-state index contributed by atoms with van der Waals surface area (Å²) < 4.78 is 16.5. The minimum absolute atomic E-state index is 0.190. The van der Waals surface area contributed by atoms with Crippen molar-refractivity contribution in [2.75, 3.05) is 44.8 Å². The van der Waals surface area contributed by atoms with Gasteiger partial charge in [0.05, 0.1) is 31.9 Å². The molecule has 2 aromatic carbocycles. The normalized spacial score (nSPS) is 11.2. The molecule has 0 fully saturated rings. The van der Waals surface area contributed by atoms with Crippen molar-refractivity contribution >= 4 is 46.0 Å². The third-order valence-corrected chi connectivity index (χ3v) is 5.99. The number of pyridine rings is 1. The first kappa shape index (κ1) is 28.0. The first-order valence-corrected chi connectivity index (χ1v) is 13.0. The van der Waals surface area contributed by atoms with Crippen LogP contribution >= 0.6 is 11.6 Å². The number of ether oxygens (including phenoxy) is 2. The van der Waals surface area contributed by atoms with E-state index >= 15 is 0 Å². The summed E-state index contributed by atoms with van der Waals surface area (Å²) in [5.74, 6) is 0.583. The van der Waals surface area contributed by atoms with Crippen LogP contribution in [0.15, 0.2) is 77.4 Å². The summed E-state index contributed by atoms with van der Waals surface area (Å²) in [6.07, 6.45) is 4.88. The Balaban J connectivity index is 1.06. The number of benzene rings is 2. The van der Waals surface area contributed by atoms with Crippen molar-refractivity contribution < 1.29 is 23.5 Å². The fourth-order valence-corrected chi connectivity index (χ4v) is 3.93. The second kappa shape index (κ2) is 14.2. The Morgan fingerprint density at radius 3 is 2.46 bits per heavy atom. The highest BCUT2D eigenvalue weighted by Crippen LogP contribution is 2.24. The Bertz CT molecular complexity index is 1430. The highest BCUT2D eigenvalue weighted by molar-refractivity contribution is 6.31. The Kier molecular flexibility index (Phi) is 10.2. The van der Waals surface area contributed by atoms with E-state index in [1.54, 1.807) is 55.6 Å². The van der Waals surface area contributed by atoms with E-state index in [1.165, 1.54) is 6.08 Å². The molecule has 9 heteroatoms. The van der Waals surface area contributed by atoms with Crippen LogP contribution in [0.25, 0.3) is 17.0 Å². The van der Waals surface area contributed by atoms with Gasteiger partial charge in [0, 0.05) is 40.9 Å². The molecule has 0 unspecified atom stereocenters. The maximum atomic E-state index is 12.3. The fourth-order valence-electron chi connectivity index (χ4n) is 3.76. The van der Waals surface area contributed by atoms with E-state index in [0.29, 0.717) is 61.6 Å². The number of furan rings is 1. The number of nitrogens with zero attached hydrogens (tertiary/aromatic N) is 1. The zero-order valence-corrected chi connectivity index (χ0v) is 22.4. The number of ketones is 1. The summed E-state index contributed by atoms with van der Waals surface area (Å²) in [4.78, 5) is 28.8. The SMILES string of the molecule is Cc1ccc(C(=O)/C=C/c2ccc(C(=O)NCCOCCOCCNc3ccnc4cc(Cl)ccc34)cc2)o1. The number of anilines is 1. The lowest BCUT2D eigenvalue weighted by atomic mass is 10.1. The number of carbonyl (C=O) groups excluding carboxylic acids is 2. The minimum Gasteiger partial charge on any atom is -0.458 e. The topological polar surface area (TPSA) is 103 Å². The van der Waals surface area contributed by atoms with Gasteiger partial charge in [0.1, 0.15) is 5.76 Å². The van der Waals surface area contributed by atoms with Crippen LogP contribution in [-0.4, -0.2) is 56.2 Å². The molecule has 202 valence electrons. The molecule has 4 rings (SSSR count). The van der Waals surface area contributed by atoms with Crippen molar-refractivity contribution in [1.29, 1.82) is 0 Å². The second-order valence-electron chi connectivity index (χ2n) is 8.66. The number of carbonyl (C=O) groups is 2. The van der Waals surface area contributed by atoms with Gasteiger partial charge in [-0.2, -0.15) is 0 Å². The van der Waals surface area contributed by atoms with Gasteiger partial charge >= 0.3 is 0 Å². The van der Waals surface area contributed by atoms with Crippen LogP contribution in [0.2, 0.25) is 5.02 Å². The lowest BCUT2D eigenvalue weighted by Gasteiger charge is -2.10. The Morgan fingerprint density at radius 2 is 1.72 bits per heavy atom. The van der Waals surface area contributed by atoms with Gasteiger partial charge < -0.3 is 24.5 Å². The number of hydrogen-bond acceptors (Lipinski definition) is 7. The van der Waals surface area contributed by atoms with E-state index in [-0.39, 0.29) is 11.7 Å². The highest BCUT2D eigenvalue weighted by atomic mass is 35.5. The summed E-state index contributed by atoms with van der Waals surface area (Å²) >= 11 is 6.03. The molecular formula is C30H30ClN3O5. The van der Waals surface area contributed by atoms with Gasteiger partial charge in [0.2, 0.25) is 5.78 Å². The molecule has 0 atom stereocenters. The molecule has 0 aliphatic carbocycles. The summed E-state index contributed by atoms with van der Waals surface area (Å²) in [5.41, 5.74) is 3.16. The monoisotopic (exact) mass is 547 g/mol. The molecule has 39 heavy (non-hydrogen) atoms. The van der Waals surface area contributed by atoms with Crippen LogP contribution in [0.1, 0.15) is 32.2 Å². The third kappa shape index (κ3) is 8.51. The van der Waals surface area contributed by atoms with E-state index in [4.69, 9.17) is 25.5 Å². The molecule has 4 aromatic rings. The summed E-state index contributed by atoms with van der Waals surface area (Å²) in [6, 6.07) is 17.9. The Labute approximate surface area is 232 Å². The summed E-state index contributed by atoms with van der Waals surface area (Å²) in [7, 11) is 0. The average molecular weight is 548 g/mol. The van der Waals surface area contributed by atoms with Crippen molar-refractivity contribution in [3.63, 3.8) is 0 Å². The van der Waals surface area contributed by atoms with Crippen molar-refractivity contribution in [3.8, 4) is 0 Å². The lowest BCUT2D eigenvalue weighted by molar-refractivity contribution is 0.0519. The van der Waals surface area contributed by atoms with Gasteiger partial charge in [0.15, 0.2) is 5.76 Å². The average Bonchev–Trinajstić information content (AvgIpc) is 3.39. The first-order valence-electron chi connectivity index (χ1n) is 12.6. The van der Waals surface area contributed by atoms with Gasteiger partial charge in [-0.1, -0.05) is 29.8 Å². The largest absolute Gasteiger partial charge is 0.458 e. The third-order valence-electron chi connectivity index (χ3n) is 5.75. The smallest absolute Gasteiger partial charge is 0.251 e. The molecule has 2 aromatic heterocycles. The molecule has 0 bridgehead atoms. The molecule has 8 nitrogen and oxygen atoms in total. The molecule has 0 saturated carbocycles. The second-order valence-corrected chi connectivity index (χ2v) is 9.09. The van der Waals surface area contributed by atoms with Gasteiger partial charge in [-0.25, -0.2) is 0 Å². The Morgan fingerprint density at radius 1 is 0.949 bits per heavy atom. The number of hydrogen-bond donors (Lipinski definition) is 2. The number of aromatic nitrogens is 1. The maximum Gasteiger partial charge on any atom is 0.251 e. The first-order chi connectivity index (χ1) is 19.0. The van der Waals surface area contributed by atoms with E-state index in [1.807, 2.05) is 24.3 Å². The van der Waals surface area contributed by atoms with Crippen LogP contribution in [0.5, 0.6) is 0 Å². The number of amides is 1. The van der Waals surface area contributed by atoms with Crippen molar-refractivity contribution in [2.45, 2.75) is 6.92 Å². The molecule has 0 aliphatic heterocycles. The number of fused-ring (bicyclic) bond motifs is 1. The van der Waals surface area contributed by atoms with E-state index in [9.17, 15) is 9.59 Å². The number of halogens is 1. The van der Waals surface area contributed by atoms with Crippen molar-refractivity contribution in [2.24, 2.45) is 0 Å². The van der Waals surface area contributed by atoms with Crippen molar-refractivity contribution in [1.82, 2.24) is 10.3 Å². The summed E-state index contributed by atoms with van der Waals surface area (Å²) in [5, 5.41) is 7.84. The number of allylic oxidation sites excluding steroid dienone is 1. The van der Waals surface area contributed by atoms with E-state index in [0.717, 1.165) is 22.2 Å². The van der Waals surface area contributed by atoms with Crippen LogP contribution in [0.4, 0.5) is 5.69 Å². The molecule has 2 heterocycles. The zero-order chi connectivity index (χ0) is 27.5. The van der Waals surface area contributed by atoms with Gasteiger partial charge in [0.25, 0.3) is 5.91 Å². The number of nitrogens with one attached hydrogen (secondary N) is 2. The Hall–Kier alpha value is -3.98. The highest BCUT2D eigenvalue weighted by Gasteiger charge is 2.07. The predicted octanol–water partition coefficient (Wildman–Crippen LogP) is 5.56. The molecule has 0 spiro atoms. The quantitative estimate of drug-likeness (QED) is 0.121. The van der Waals surface area contributed by atoms with E-state index < -0.39 is 0 Å². The molecule has 1 amide bonds. The lowest BCUT2D eigenvalue weighted by Crippen LogP contribution is -2.27. The van der Waals surface area contributed by atoms with Gasteiger partial charge in [-0.3, -0.25) is 14.6 Å². The standard InChI is InChI=1S/C30H30ClN3O5/c1-21-2-11-29(39-21)28(35)10-5-22-3-6-23(7-4-22)30(36)34-15-17-38-19-18-37-16-14-33-26-12-13-32-27-20-24(31)8-9-25(26)27/h2-13,20H,14-19H2,1H3,(H,32,33)(H,34,36)/b10-5+. The van der Waals surface area contributed by atoms with E-state index in [2.05, 4.69) is 15.6 Å². The molecule has 0 radical (unpaired) electrons. The van der Waals surface area contributed by atoms with Gasteiger partial charge in [-0.15, -0.1) is 0 Å². The van der Waals surface area contributed by atoms with Crippen LogP contribution in [0, 0.1) is 6.92 Å². The molecule has 0 saturated heterocycles. The summed E-state index contributed by atoms with van der Waals surface area (Å²) in [6.45, 7) is 4.62. The van der Waals surface area contributed by atoms with Crippen LogP contribution in [0.3, 0.4) is 0 Å². The minimum atomic E-state index is -0.211. The van der Waals surface area contributed by atoms with Crippen LogP contribution < -0.4 is 10.6 Å². The van der Waals surface area contributed by atoms with Gasteiger partial charge in [-0.05, 0) is 67.1 Å². The number of rotatable bonds is 14. The number of aryl methyl sites for hydroxylation is 1. The predicted molar refractivity (Wildman–Crippen MR) is 152 cm³/mol. The molecule has 2 N–H and O–H groups in total.